The summed E-state index contributed by atoms with van der Waals surface area (Å²) < 4.78 is 0. The van der Waals surface area contributed by atoms with Crippen LogP contribution in [0.1, 0.15) is 58.5 Å². The van der Waals surface area contributed by atoms with Gasteiger partial charge < -0.3 is 19.6 Å². The predicted molar refractivity (Wildman–Crippen MR) is 153 cm³/mol. The Morgan fingerprint density at radius 2 is 0.974 bits per heavy atom. The highest BCUT2D eigenvalue weighted by molar-refractivity contribution is 6.28. The van der Waals surface area contributed by atoms with E-state index < -0.39 is 0 Å². The van der Waals surface area contributed by atoms with E-state index in [1.54, 1.807) is 24.3 Å². The molecule has 0 aromatic heterocycles. The largest absolute Gasteiger partial charge is 0.357 e. The molecule has 8 heteroatoms. The molecule has 2 saturated heterocycles. The van der Waals surface area contributed by atoms with E-state index in [9.17, 15) is 9.59 Å². The Labute approximate surface area is 225 Å². The second-order valence-electron chi connectivity index (χ2n) is 10.5. The van der Waals surface area contributed by atoms with Crippen molar-refractivity contribution in [2.45, 2.75) is 26.7 Å². The lowest BCUT2D eigenvalue weighted by molar-refractivity contribution is 0.0979. The van der Waals surface area contributed by atoms with Crippen molar-refractivity contribution < 1.29 is 9.59 Å². The Bertz CT molecular complexity index is 1180. The summed E-state index contributed by atoms with van der Waals surface area (Å²) in [5, 5.41) is 0. The van der Waals surface area contributed by atoms with Crippen LogP contribution in [0.5, 0.6) is 0 Å². The highest BCUT2D eigenvalue weighted by Crippen LogP contribution is 2.32. The maximum Gasteiger partial charge on any atom is 0.194 e. The number of piperazine rings is 2. The van der Waals surface area contributed by atoms with Gasteiger partial charge in [0, 0.05) is 87.5 Å². The zero-order valence-electron chi connectivity index (χ0n) is 23.0. The number of amidine groups is 2. The summed E-state index contributed by atoms with van der Waals surface area (Å²) in [6, 6.07) is 10.8. The number of likely N-dealkylation sites (N-methyl/N-ethyl adjacent to an activating group) is 2. The minimum Gasteiger partial charge on any atom is -0.357 e. The molecule has 3 aliphatic rings. The molecule has 38 heavy (non-hydrogen) atoms. The highest BCUT2D eigenvalue weighted by Gasteiger charge is 2.30. The van der Waals surface area contributed by atoms with Crippen molar-refractivity contribution >= 4 is 34.6 Å². The van der Waals surface area contributed by atoms with Gasteiger partial charge in [0.2, 0.25) is 0 Å². The summed E-state index contributed by atoms with van der Waals surface area (Å²) in [5.74, 6) is 1.77. The van der Waals surface area contributed by atoms with Gasteiger partial charge in [0.25, 0.3) is 0 Å². The van der Waals surface area contributed by atoms with Gasteiger partial charge in [-0.3, -0.25) is 9.59 Å². The Morgan fingerprint density at radius 3 is 1.32 bits per heavy atom. The second kappa shape index (κ2) is 11.2. The van der Waals surface area contributed by atoms with E-state index >= 15 is 0 Å². The monoisotopic (exact) mass is 514 g/mol. The molecule has 0 amide bonds. The summed E-state index contributed by atoms with van der Waals surface area (Å²) in [7, 11) is 4.27. The molecule has 2 heterocycles. The third-order valence-electron chi connectivity index (χ3n) is 7.87. The predicted octanol–water partition coefficient (Wildman–Crippen LogP) is 3.84. The van der Waals surface area contributed by atoms with Crippen LogP contribution >= 0.6 is 0 Å². The highest BCUT2D eigenvalue weighted by atomic mass is 16.1. The van der Waals surface area contributed by atoms with Crippen LogP contribution in [0.4, 0.5) is 11.4 Å². The topological polar surface area (TPSA) is 71.8 Å². The van der Waals surface area contributed by atoms with Gasteiger partial charge in [-0.1, -0.05) is 13.8 Å². The van der Waals surface area contributed by atoms with Crippen molar-refractivity contribution in [3.63, 3.8) is 0 Å². The van der Waals surface area contributed by atoms with Crippen LogP contribution in [0.2, 0.25) is 0 Å². The number of nitrogens with zero attached hydrogens (tertiary/aromatic N) is 6. The molecular formula is C30H38N6O2. The van der Waals surface area contributed by atoms with E-state index in [4.69, 9.17) is 9.98 Å². The summed E-state index contributed by atoms with van der Waals surface area (Å²) in [4.78, 5) is 46.0. The standard InChI is InChI=1S/C30H38N6O2/c1-5-27(35-15-11-33(3)12-16-35)31-21-7-9-23-25(19-21)29(37)24-10-8-22(20-26(24)30(23)38)32-28(6-2)36-17-13-34(4)14-18-36/h7-10,19-20H,5-6,11-18H2,1-4H3. The van der Waals surface area contributed by atoms with Crippen molar-refractivity contribution in [2.75, 3.05) is 66.5 Å². The number of aliphatic imine (C=N–C) groups is 2. The Morgan fingerprint density at radius 1 is 0.605 bits per heavy atom. The second-order valence-corrected chi connectivity index (χ2v) is 10.5. The van der Waals surface area contributed by atoms with Gasteiger partial charge in [-0.15, -0.1) is 0 Å². The van der Waals surface area contributed by atoms with Gasteiger partial charge in [-0.2, -0.15) is 0 Å². The summed E-state index contributed by atoms with van der Waals surface area (Å²) in [5.41, 5.74) is 3.17. The molecule has 0 spiro atoms. The number of rotatable bonds is 4. The van der Waals surface area contributed by atoms with Gasteiger partial charge in [0.15, 0.2) is 11.6 Å². The fraction of sp³-hybridized carbons (Fsp3) is 0.467. The third-order valence-corrected chi connectivity index (χ3v) is 7.87. The number of ketones is 2. The van der Waals surface area contributed by atoms with E-state index in [1.807, 2.05) is 12.1 Å². The van der Waals surface area contributed by atoms with E-state index in [0.29, 0.717) is 33.6 Å². The molecule has 5 rings (SSSR count). The number of carbonyl (C=O) groups excluding carboxylic acids is 2. The molecule has 200 valence electrons. The molecule has 2 fully saturated rings. The van der Waals surface area contributed by atoms with Crippen LogP contribution in [0.15, 0.2) is 46.4 Å². The van der Waals surface area contributed by atoms with Gasteiger partial charge in [-0.25, -0.2) is 9.98 Å². The number of hydrogen-bond acceptors (Lipinski definition) is 6. The lowest BCUT2D eigenvalue weighted by Gasteiger charge is -2.34. The van der Waals surface area contributed by atoms with Crippen molar-refractivity contribution in [3.05, 3.63) is 58.7 Å². The Kier molecular flexibility index (Phi) is 7.72. The van der Waals surface area contributed by atoms with Crippen LogP contribution in [0.3, 0.4) is 0 Å². The molecular weight excluding hydrogens is 476 g/mol. The minimum atomic E-state index is -0.130. The Hall–Kier alpha value is -3.36. The smallest absolute Gasteiger partial charge is 0.194 e. The average Bonchev–Trinajstić information content (AvgIpc) is 2.94. The number of carbonyl (C=O) groups is 2. The summed E-state index contributed by atoms with van der Waals surface area (Å²) in [6.07, 6.45) is 1.63. The SMILES string of the molecule is CCC(=Nc1ccc2c(c1)C(=O)c1ccc(N=C(CC)N3CCN(C)CC3)cc1C2=O)N1CCN(C)CC1. The van der Waals surface area contributed by atoms with Crippen molar-refractivity contribution in [1.29, 1.82) is 0 Å². The maximum atomic E-state index is 13.5. The average molecular weight is 515 g/mol. The van der Waals surface area contributed by atoms with E-state index in [2.05, 4.69) is 47.5 Å². The quantitative estimate of drug-likeness (QED) is 0.389. The van der Waals surface area contributed by atoms with Crippen LogP contribution in [-0.2, 0) is 0 Å². The lowest BCUT2D eigenvalue weighted by atomic mass is 9.83. The van der Waals surface area contributed by atoms with E-state index in [1.165, 1.54) is 0 Å². The summed E-state index contributed by atoms with van der Waals surface area (Å²) >= 11 is 0. The first-order valence-electron chi connectivity index (χ1n) is 13.8. The molecule has 0 radical (unpaired) electrons. The minimum absolute atomic E-state index is 0.130. The molecule has 0 bridgehead atoms. The van der Waals surface area contributed by atoms with Crippen LogP contribution in [0.25, 0.3) is 0 Å². The number of hydrogen-bond donors (Lipinski definition) is 0. The molecule has 2 aromatic rings. The zero-order chi connectivity index (χ0) is 26.8. The number of benzene rings is 2. The fourth-order valence-electron chi connectivity index (χ4n) is 5.44. The van der Waals surface area contributed by atoms with Crippen molar-refractivity contribution in [2.24, 2.45) is 9.98 Å². The van der Waals surface area contributed by atoms with Crippen molar-refractivity contribution in [3.8, 4) is 0 Å². The van der Waals surface area contributed by atoms with Gasteiger partial charge >= 0.3 is 0 Å². The first kappa shape index (κ1) is 26.3. The molecule has 2 aliphatic heterocycles. The number of fused-ring (bicyclic) bond motifs is 2. The lowest BCUT2D eigenvalue weighted by Crippen LogP contribution is -2.47. The molecule has 0 atom stereocenters. The first-order valence-corrected chi connectivity index (χ1v) is 13.8. The van der Waals surface area contributed by atoms with Gasteiger partial charge in [0.1, 0.15) is 11.7 Å². The van der Waals surface area contributed by atoms with Crippen LogP contribution in [-0.4, -0.2) is 109 Å². The van der Waals surface area contributed by atoms with E-state index in [-0.39, 0.29) is 11.6 Å². The normalized spacial score (nSPS) is 19.6. The molecule has 0 N–H and O–H groups in total. The maximum absolute atomic E-state index is 13.5. The van der Waals surface area contributed by atoms with Gasteiger partial charge in [0.05, 0.1) is 11.4 Å². The van der Waals surface area contributed by atoms with Gasteiger partial charge in [-0.05, 0) is 50.5 Å². The molecule has 1 aliphatic carbocycles. The molecule has 8 nitrogen and oxygen atoms in total. The molecule has 2 aromatic carbocycles. The fourth-order valence-corrected chi connectivity index (χ4v) is 5.44. The zero-order valence-corrected chi connectivity index (χ0v) is 23.0. The molecule has 0 unspecified atom stereocenters. The first-order chi connectivity index (χ1) is 18.4. The molecule has 0 saturated carbocycles. The third kappa shape index (κ3) is 5.28. The van der Waals surface area contributed by atoms with Crippen LogP contribution in [0, 0.1) is 0 Å². The Balaban J connectivity index is 1.41. The summed E-state index contributed by atoms with van der Waals surface area (Å²) in [6.45, 7) is 12.0. The van der Waals surface area contributed by atoms with Crippen LogP contribution < -0.4 is 0 Å². The van der Waals surface area contributed by atoms with E-state index in [0.717, 1.165) is 76.9 Å². The van der Waals surface area contributed by atoms with Crippen molar-refractivity contribution in [1.82, 2.24) is 19.6 Å².